The number of anilines is 1. The summed E-state index contributed by atoms with van der Waals surface area (Å²) in [5.74, 6) is 0. The first-order chi connectivity index (χ1) is 10.1. The van der Waals surface area contributed by atoms with Crippen LogP contribution >= 0.6 is 11.3 Å². The summed E-state index contributed by atoms with van der Waals surface area (Å²) in [5, 5.41) is 4.73. The first-order valence-corrected chi connectivity index (χ1v) is 9.37. The minimum atomic E-state index is 0.592. The molecule has 0 aliphatic carbocycles. The first kappa shape index (κ1) is 16.8. The third-order valence-electron chi connectivity index (χ3n) is 5.19. The molecule has 0 aromatic carbocycles. The van der Waals surface area contributed by atoms with Crippen molar-refractivity contribution in [3.63, 3.8) is 0 Å². The smallest absolute Gasteiger partial charge is 0.185 e. The lowest BCUT2D eigenvalue weighted by atomic mass is 9.74. The van der Waals surface area contributed by atoms with Crippen LogP contribution < -0.4 is 10.2 Å². The van der Waals surface area contributed by atoms with Crippen LogP contribution in [0.5, 0.6) is 0 Å². The number of piperidine rings is 1. The summed E-state index contributed by atoms with van der Waals surface area (Å²) in [6.45, 7) is 13.5. The van der Waals surface area contributed by atoms with E-state index in [4.69, 9.17) is 4.98 Å². The second-order valence-corrected chi connectivity index (χ2v) is 7.44. The van der Waals surface area contributed by atoms with Gasteiger partial charge in [0.2, 0.25) is 0 Å². The van der Waals surface area contributed by atoms with Gasteiger partial charge in [0.05, 0.1) is 5.69 Å². The summed E-state index contributed by atoms with van der Waals surface area (Å²) < 4.78 is 0. The van der Waals surface area contributed by atoms with Crippen molar-refractivity contribution in [2.75, 3.05) is 24.5 Å². The average molecular weight is 310 g/mol. The van der Waals surface area contributed by atoms with Crippen molar-refractivity contribution in [2.24, 2.45) is 5.41 Å². The minimum Gasteiger partial charge on any atom is -0.348 e. The van der Waals surface area contributed by atoms with Crippen LogP contribution in [0.1, 0.15) is 63.4 Å². The number of nitrogens with one attached hydrogen (secondary N) is 1. The zero-order chi connectivity index (χ0) is 15.3. The molecule has 120 valence electrons. The molecule has 0 unspecified atom stereocenters. The van der Waals surface area contributed by atoms with E-state index in [0.29, 0.717) is 5.41 Å². The first-order valence-electron chi connectivity index (χ1n) is 8.56. The third-order valence-corrected chi connectivity index (χ3v) is 6.41. The van der Waals surface area contributed by atoms with E-state index in [1.807, 2.05) is 11.3 Å². The summed E-state index contributed by atoms with van der Waals surface area (Å²) in [6.07, 6.45) is 6.47. The molecule has 0 amide bonds. The lowest BCUT2D eigenvalue weighted by Gasteiger charge is -2.40. The van der Waals surface area contributed by atoms with E-state index < -0.39 is 0 Å². The molecule has 1 aliphatic rings. The highest BCUT2D eigenvalue weighted by atomic mass is 32.1. The molecule has 0 spiro atoms. The van der Waals surface area contributed by atoms with Crippen molar-refractivity contribution in [2.45, 2.75) is 66.3 Å². The Balaban J connectivity index is 1.96. The molecule has 0 radical (unpaired) electrons. The molecule has 4 heteroatoms. The summed E-state index contributed by atoms with van der Waals surface area (Å²) in [7, 11) is 0. The lowest BCUT2D eigenvalue weighted by molar-refractivity contribution is 0.199. The van der Waals surface area contributed by atoms with Crippen LogP contribution in [0, 0.1) is 12.3 Å². The minimum absolute atomic E-state index is 0.592. The van der Waals surface area contributed by atoms with Gasteiger partial charge in [0.1, 0.15) is 0 Å². The van der Waals surface area contributed by atoms with Crippen molar-refractivity contribution < 1.29 is 0 Å². The topological polar surface area (TPSA) is 28.2 Å². The Kier molecular flexibility index (Phi) is 6.06. The Morgan fingerprint density at radius 3 is 2.43 bits per heavy atom. The molecule has 2 rings (SSSR count). The lowest BCUT2D eigenvalue weighted by Crippen LogP contribution is -2.39. The van der Waals surface area contributed by atoms with E-state index in [1.165, 1.54) is 60.9 Å². The maximum absolute atomic E-state index is 4.82. The Bertz CT molecular complexity index is 427. The van der Waals surface area contributed by atoms with Gasteiger partial charge in [-0.1, -0.05) is 33.6 Å². The predicted octanol–water partition coefficient (Wildman–Crippen LogP) is 4.36. The molecule has 2 heterocycles. The SMILES string of the molecule is CCCNCc1sc(N2CCC(CC)(CC)CC2)nc1C. The number of aryl methyl sites for hydroxylation is 1. The van der Waals surface area contributed by atoms with E-state index in [-0.39, 0.29) is 0 Å². The molecular weight excluding hydrogens is 278 g/mol. The molecule has 3 nitrogen and oxygen atoms in total. The molecule has 0 bridgehead atoms. The van der Waals surface area contributed by atoms with Crippen LogP contribution in [0.25, 0.3) is 0 Å². The molecule has 1 aliphatic heterocycles. The largest absolute Gasteiger partial charge is 0.348 e. The van der Waals surface area contributed by atoms with Gasteiger partial charge in [0.25, 0.3) is 0 Å². The standard InChI is InChI=1S/C17H31N3S/c1-5-10-18-13-15-14(4)19-16(21-15)20-11-8-17(6-2,7-3)9-12-20/h18H,5-13H2,1-4H3. The summed E-state index contributed by atoms with van der Waals surface area (Å²) in [5.41, 5.74) is 1.80. The predicted molar refractivity (Wildman–Crippen MR) is 93.3 cm³/mol. The number of hydrogen-bond donors (Lipinski definition) is 1. The Labute approximate surface area is 134 Å². The molecule has 1 fully saturated rings. The van der Waals surface area contributed by atoms with Gasteiger partial charge in [0.15, 0.2) is 5.13 Å². The van der Waals surface area contributed by atoms with Crippen LogP contribution in [0.2, 0.25) is 0 Å². The van der Waals surface area contributed by atoms with Gasteiger partial charge in [-0.25, -0.2) is 4.98 Å². The maximum atomic E-state index is 4.82. The highest BCUT2D eigenvalue weighted by Crippen LogP contribution is 2.40. The summed E-state index contributed by atoms with van der Waals surface area (Å²) in [6, 6.07) is 0. The van der Waals surface area contributed by atoms with E-state index in [9.17, 15) is 0 Å². The molecule has 0 saturated carbocycles. The van der Waals surface area contributed by atoms with E-state index in [0.717, 1.165) is 13.1 Å². The van der Waals surface area contributed by atoms with Crippen molar-refractivity contribution in [1.82, 2.24) is 10.3 Å². The fourth-order valence-corrected chi connectivity index (χ4v) is 4.30. The van der Waals surface area contributed by atoms with Gasteiger partial charge < -0.3 is 10.2 Å². The number of rotatable bonds is 7. The highest BCUT2D eigenvalue weighted by Gasteiger charge is 2.32. The van der Waals surface area contributed by atoms with Gasteiger partial charge in [0, 0.05) is 24.5 Å². The quantitative estimate of drug-likeness (QED) is 0.759. The maximum Gasteiger partial charge on any atom is 0.185 e. The van der Waals surface area contributed by atoms with E-state index in [1.54, 1.807) is 0 Å². The van der Waals surface area contributed by atoms with Crippen LogP contribution in [-0.2, 0) is 6.54 Å². The fraction of sp³-hybridized carbons (Fsp3) is 0.824. The number of thiazole rings is 1. The fourth-order valence-electron chi connectivity index (χ4n) is 3.22. The van der Waals surface area contributed by atoms with Crippen molar-refractivity contribution in [1.29, 1.82) is 0 Å². The van der Waals surface area contributed by atoms with Gasteiger partial charge >= 0.3 is 0 Å². The van der Waals surface area contributed by atoms with Crippen LogP contribution in [0.4, 0.5) is 5.13 Å². The van der Waals surface area contributed by atoms with Crippen LogP contribution in [0.15, 0.2) is 0 Å². The molecule has 0 atom stereocenters. The zero-order valence-corrected chi connectivity index (χ0v) is 15.0. The molecule has 1 N–H and O–H groups in total. The second kappa shape index (κ2) is 7.59. The van der Waals surface area contributed by atoms with Crippen LogP contribution in [-0.4, -0.2) is 24.6 Å². The second-order valence-electron chi connectivity index (χ2n) is 6.38. The summed E-state index contributed by atoms with van der Waals surface area (Å²) >= 11 is 1.88. The summed E-state index contributed by atoms with van der Waals surface area (Å²) in [4.78, 5) is 8.73. The molecular formula is C17H31N3S. The van der Waals surface area contributed by atoms with E-state index >= 15 is 0 Å². The highest BCUT2D eigenvalue weighted by molar-refractivity contribution is 7.15. The normalized spacial score (nSPS) is 18.2. The van der Waals surface area contributed by atoms with Gasteiger partial charge in [-0.15, -0.1) is 11.3 Å². The van der Waals surface area contributed by atoms with Crippen molar-refractivity contribution in [3.8, 4) is 0 Å². The Hall–Kier alpha value is -0.610. The molecule has 1 aromatic rings. The van der Waals surface area contributed by atoms with Gasteiger partial charge in [-0.3, -0.25) is 0 Å². The van der Waals surface area contributed by atoms with Gasteiger partial charge in [-0.2, -0.15) is 0 Å². The Morgan fingerprint density at radius 1 is 1.19 bits per heavy atom. The molecule has 1 saturated heterocycles. The van der Waals surface area contributed by atoms with E-state index in [2.05, 4.69) is 37.9 Å². The number of aromatic nitrogens is 1. The molecule has 1 aromatic heterocycles. The average Bonchev–Trinajstić information content (AvgIpc) is 2.89. The Morgan fingerprint density at radius 2 is 1.86 bits per heavy atom. The number of hydrogen-bond acceptors (Lipinski definition) is 4. The third kappa shape index (κ3) is 3.98. The van der Waals surface area contributed by atoms with Gasteiger partial charge in [-0.05, 0) is 38.1 Å². The monoisotopic (exact) mass is 309 g/mol. The van der Waals surface area contributed by atoms with Crippen LogP contribution in [0.3, 0.4) is 0 Å². The number of nitrogens with zero attached hydrogens (tertiary/aromatic N) is 2. The zero-order valence-electron chi connectivity index (χ0n) is 14.2. The van der Waals surface area contributed by atoms with Crippen molar-refractivity contribution >= 4 is 16.5 Å². The van der Waals surface area contributed by atoms with Crippen molar-refractivity contribution in [3.05, 3.63) is 10.6 Å². The molecule has 21 heavy (non-hydrogen) atoms.